The number of amides is 3. The summed E-state index contributed by atoms with van der Waals surface area (Å²) >= 11 is 0. The highest BCUT2D eigenvalue weighted by Gasteiger charge is 2.60. The molecular weight excluding hydrogens is 729 g/mol. The van der Waals surface area contributed by atoms with Crippen molar-refractivity contribution >= 4 is 36.0 Å². The third-order valence-electron chi connectivity index (χ3n) is 15.6. The molecule has 1 aromatic heterocycles. The molecule has 1 aromatic carbocycles. The molecule has 4 saturated carbocycles. The molecule has 3 amide bonds. The lowest BCUT2D eigenvalue weighted by Gasteiger charge is -2.61. The Kier molecular flexibility index (Phi) is 15.1. The summed E-state index contributed by atoms with van der Waals surface area (Å²) in [5.41, 5.74) is 1.82. The molecule has 0 bridgehead atoms. The number of anilines is 1. The van der Waals surface area contributed by atoms with E-state index in [1.807, 2.05) is 30.3 Å². The van der Waals surface area contributed by atoms with E-state index < -0.39 is 13.2 Å². The van der Waals surface area contributed by atoms with Crippen molar-refractivity contribution in [3.05, 3.63) is 54.9 Å². The predicted octanol–water partition coefficient (Wildman–Crippen LogP) is 4.11. The summed E-state index contributed by atoms with van der Waals surface area (Å²) in [5, 5.41) is 38.5. The lowest BCUT2D eigenvalue weighted by atomic mass is 9.44. The molecule has 6 N–H and O–H groups in total. The number of aliphatic hydroxyl groups is 1. The zero-order chi connectivity index (χ0) is 41.5. The quantitative estimate of drug-likeness (QED) is 0.0754. The van der Waals surface area contributed by atoms with E-state index in [1.165, 1.54) is 51.1 Å². The van der Waals surface area contributed by atoms with Gasteiger partial charge in [-0.15, -0.1) is 0 Å². The Morgan fingerprint density at radius 3 is 2.38 bits per heavy atom. The van der Waals surface area contributed by atoms with Crippen LogP contribution in [0.1, 0.15) is 111 Å². The normalized spacial score (nSPS) is 29.9. The number of rotatable bonds is 18. The van der Waals surface area contributed by atoms with Crippen LogP contribution in [-0.4, -0.2) is 78.8 Å². The molecule has 11 nitrogen and oxygen atoms in total. The number of para-hydroxylation sites is 1. The Bertz CT molecular complexity index is 1680. The number of fused-ring (bicyclic) bond motifs is 5. The topological polar surface area (TPSA) is 155 Å². The first-order chi connectivity index (χ1) is 27.8. The van der Waals surface area contributed by atoms with E-state index in [-0.39, 0.29) is 43.5 Å². The Hall–Kier alpha value is -3.32. The summed E-state index contributed by atoms with van der Waals surface area (Å²) in [6, 6.07) is 12.2. The minimum absolute atomic E-state index is 0.00354. The summed E-state index contributed by atoms with van der Waals surface area (Å²) in [7, 11) is 0.170. The van der Waals surface area contributed by atoms with Gasteiger partial charge in [0.1, 0.15) is 0 Å². The fourth-order valence-electron chi connectivity index (χ4n) is 12.4. The molecule has 2 aromatic rings. The largest absolute Gasteiger partial charge is 0.494 e. The smallest absolute Gasteiger partial charge is 0.423 e. The van der Waals surface area contributed by atoms with Gasteiger partial charge in [-0.3, -0.25) is 14.4 Å². The number of benzene rings is 1. The van der Waals surface area contributed by atoms with Crippen LogP contribution in [0.15, 0.2) is 54.9 Å². The van der Waals surface area contributed by atoms with Crippen molar-refractivity contribution in [1.29, 1.82) is 0 Å². The van der Waals surface area contributed by atoms with Crippen LogP contribution in [0.5, 0.6) is 0 Å². The summed E-state index contributed by atoms with van der Waals surface area (Å²) < 4.78 is 1.58. The van der Waals surface area contributed by atoms with Crippen molar-refractivity contribution in [3.8, 4) is 0 Å². The van der Waals surface area contributed by atoms with E-state index in [2.05, 4.69) is 36.7 Å². The van der Waals surface area contributed by atoms with Crippen LogP contribution >= 0.6 is 0 Å². The minimum atomic E-state index is -1.62. The molecule has 12 heteroatoms. The second-order valence-corrected chi connectivity index (χ2v) is 18.9. The zero-order valence-electron chi connectivity index (χ0n) is 35.6. The molecule has 4 aliphatic carbocycles. The third kappa shape index (κ3) is 10.2. The maximum absolute atomic E-state index is 13.9. The van der Waals surface area contributed by atoms with Crippen LogP contribution in [0.4, 0.5) is 5.69 Å². The molecule has 0 spiro atoms. The van der Waals surface area contributed by atoms with Gasteiger partial charge in [-0.25, -0.2) is 0 Å². The molecule has 6 rings (SSSR count). The van der Waals surface area contributed by atoms with Gasteiger partial charge < -0.3 is 36.0 Å². The van der Waals surface area contributed by atoms with Crippen molar-refractivity contribution < 1.29 is 34.1 Å². The van der Waals surface area contributed by atoms with Crippen molar-refractivity contribution in [1.82, 2.24) is 16.0 Å². The van der Waals surface area contributed by atoms with Crippen LogP contribution in [0.3, 0.4) is 0 Å². The van der Waals surface area contributed by atoms with Gasteiger partial charge in [0.2, 0.25) is 18.4 Å². The number of nitrogens with zero attached hydrogens (tertiary/aromatic N) is 2. The maximum Gasteiger partial charge on any atom is 0.494 e. The average Bonchev–Trinajstić information content (AvgIpc) is 3.57. The van der Waals surface area contributed by atoms with E-state index in [0.29, 0.717) is 53.4 Å². The van der Waals surface area contributed by atoms with Crippen molar-refractivity contribution in [2.75, 3.05) is 31.6 Å². The highest BCUT2D eigenvalue weighted by atomic mass is 16.4. The van der Waals surface area contributed by atoms with Crippen LogP contribution in [0.25, 0.3) is 0 Å². The molecule has 6 unspecified atom stereocenters. The summed E-state index contributed by atoms with van der Waals surface area (Å²) in [6.45, 7) is 8.68. The average molecular weight is 801 g/mol. The second-order valence-electron chi connectivity index (χ2n) is 18.9. The molecule has 1 heterocycles. The Morgan fingerprint density at radius 1 is 0.879 bits per heavy atom. The number of carbonyl (C=O) groups is 3. The number of aromatic nitrogens is 1. The summed E-state index contributed by atoms with van der Waals surface area (Å²) in [4.78, 5) is 41.3. The highest BCUT2D eigenvalue weighted by molar-refractivity contribution is 6.58. The monoisotopic (exact) mass is 801 g/mol. The lowest BCUT2D eigenvalue weighted by Crippen LogP contribution is -2.54. The summed E-state index contributed by atoms with van der Waals surface area (Å²) in [5.74, 6) is 4.12. The summed E-state index contributed by atoms with van der Waals surface area (Å²) in [6.07, 6.45) is 17.9. The predicted molar refractivity (Wildman–Crippen MR) is 228 cm³/mol. The number of likely N-dealkylation sites (N-methyl/N-ethyl adjacent to an activating group) is 1. The van der Waals surface area contributed by atoms with E-state index in [0.717, 1.165) is 55.5 Å². The van der Waals surface area contributed by atoms with Gasteiger partial charge in [-0.1, -0.05) is 45.0 Å². The SMILES string of the molecule is CNC(CCCCNC(=O)CCC(C)C1CCC2C3CC[C@H]4C[C@@H](O)CC[C@@]4(C)C3CC[C@@]12C)C(=O)N(CCNC(=O)C[n+]1cccc(B(O)O)c1)c1ccccc1. The number of pyridine rings is 1. The van der Waals surface area contributed by atoms with Crippen LogP contribution in [-0.2, 0) is 20.9 Å². The fraction of sp³-hybridized carbons (Fsp3) is 0.696. The molecule has 0 saturated heterocycles. The molecule has 0 aliphatic heterocycles. The van der Waals surface area contributed by atoms with Crippen LogP contribution in [0, 0.1) is 46.3 Å². The van der Waals surface area contributed by atoms with Gasteiger partial charge in [0.05, 0.1) is 12.1 Å². The van der Waals surface area contributed by atoms with Gasteiger partial charge >= 0.3 is 7.12 Å². The van der Waals surface area contributed by atoms with Gasteiger partial charge in [0.25, 0.3) is 5.91 Å². The van der Waals surface area contributed by atoms with Gasteiger partial charge in [0.15, 0.2) is 12.4 Å². The number of hydrogen-bond donors (Lipinski definition) is 6. The standard InChI is InChI=1S/C46H70BN5O6/c1-32(38-18-19-39-37-17-16-33-29-36(53)21-23-45(33,2)40(37)22-24-46(38,39)3)15-20-42(54)49-25-9-8-14-41(48-4)44(56)52(35-12-6-5-7-13-35)28-26-50-43(55)31-51-27-10-11-34(30-51)47(57)58/h5-7,10-13,27,30,32-33,36-41,48,53,57-58H,8-9,14-26,28-29,31H2,1-4H3,(H-,49,50,54,55)/p+1/t32?,33-,36-,37?,38?,39?,40?,41?,45+,46-/m0/s1. The Morgan fingerprint density at radius 2 is 1.62 bits per heavy atom. The van der Waals surface area contributed by atoms with Crippen LogP contribution < -0.4 is 30.9 Å². The van der Waals surface area contributed by atoms with Crippen molar-refractivity contribution in [3.63, 3.8) is 0 Å². The lowest BCUT2D eigenvalue weighted by molar-refractivity contribution is -0.683. The first-order valence-electron chi connectivity index (χ1n) is 22.4. The highest BCUT2D eigenvalue weighted by Crippen LogP contribution is 2.68. The van der Waals surface area contributed by atoms with E-state index >= 15 is 0 Å². The molecule has 4 aliphatic rings. The van der Waals surface area contributed by atoms with E-state index in [4.69, 9.17) is 0 Å². The van der Waals surface area contributed by atoms with Crippen molar-refractivity contribution in [2.24, 2.45) is 46.3 Å². The number of nitrogens with one attached hydrogen (secondary N) is 3. The number of carbonyl (C=O) groups excluding carboxylic acids is 3. The fourth-order valence-corrected chi connectivity index (χ4v) is 12.4. The molecule has 318 valence electrons. The minimum Gasteiger partial charge on any atom is -0.423 e. The molecule has 0 radical (unpaired) electrons. The molecule has 4 fully saturated rings. The Balaban J connectivity index is 0.912. The van der Waals surface area contributed by atoms with E-state index in [1.54, 1.807) is 34.8 Å². The van der Waals surface area contributed by atoms with Gasteiger partial charge in [-0.05, 0) is 149 Å². The Labute approximate surface area is 347 Å². The zero-order valence-corrected chi connectivity index (χ0v) is 35.6. The number of unbranched alkanes of at least 4 members (excludes halogenated alkanes) is 1. The molecular formula is C46H71BN5O6+. The van der Waals surface area contributed by atoms with E-state index in [9.17, 15) is 29.5 Å². The first-order valence-corrected chi connectivity index (χ1v) is 22.4. The van der Waals surface area contributed by atoms with Crippen LogP contribution in [0.2, 0.25) is 0 Å². The van der Waals surface area contributed by atoms with Gasteiger partial charge in [0, 0.05) is 43.3 Å². The molecule has 10 atom stereocenters. The number of hydrogen-bond acceptors (Lipinski definition) is 7. The maximum atomic E-state index is 13.9. The van der Waals surface area contributed by atoms with Gasteiger partial charge in [-0.2, -0.15) is 4.57 Å². The van der Waals surface area contributed by atoms with Crippen molar-refractivity contribution in [2.45, 2.75) is 129 Å². The first kappa shape index (κ1) is 44.2. The number of aliphatic hydroxyl groups excluding tert-OH is 1. The third-order valence-corrected chi connectivity index (χ3v) is 15.6. The molecule has 58 heavy (non-hydrogen) atoms. The second kappa shape index (κ2) is 19.8.